The zero-order valence-corrected chi connectivity index (χ0v) is 21.7. The molecule has 0 atom stereocenters. The number of ether oxygens (including phenoxy) is 3. The lowest BCUT2D eigenvalue weighted by Gasteiger charge is -2.34. The van der Waals surface area contributed by atoms with Crippen molar-refractivity contribution in [1.29, 1.82) is 0 Å². The second-order valence-electron chi connectivity index (χ2n) is 9.17. The average molecular weight is 543 g/mol. The number of esters is 1. The van der Waals surface area contributed by atoms with Crippen molar-refractivity contribution in [1.82, 2.24) is 9.78 Å². The number of hydrogen-bond donors (Lipinski definition) is 0. The molecule has 0 bridgehead atoms. The van der Waals surface area contributed by atoms with Gasteiger partial charge in [0, 0.05) is 26.2 Å². The number of ketones is 1. The van der Waals surface area contributed by atoms with E-state index in [9.17, 15) is 14.4 Å². The van der Waals surface area contributed by atoms with Gasteiger partial charge in [0.1, 0.15) is 11.2 Å². The van der Waals surface area contributed by atoms with Crippen LogP contribution in [0.25, 0.3) is 16.6 Å². The predicted octanol–water partition coefficient (Wildman–Crippen LogP) is 2.39. The van der Waals surface area contributed by atoms with Crippen LogP contribution in [0, 0.1) is 18.6 Å². The SMILES string of the molecule is CCOC(=O)C(=O)c1nn(-c2ccccc2C)c2c(F)c(N3CCOCC3)c(F)c(N3CCOCC3)c2c1=O. The molecule has 2 saturated heterocycles. The van der Waals surface area contributed by atoms with E-state index >= 15 is 8.78 Å². The molecule has 2 aliphatic rings. The lowest BCUT2D eigenvalue weighted by atomic mass is 10.0. The monoisotopic (exact) mass is 542 g/mol. The van der Waals surface area contributed by atoms with Crippen molar-refractivity contribution in [2.45, 2.75) is 13.8 Å². The van der Waals surface area contributed by atoms with Crippen molar-refractivity contribution in [3.8, 4) is 5.69 Å². The number of para-hydroxylation sites is 1. The van der Waals surface area contributed by atoms with E-state index in [4.69, 9.17) is 14.2 Å². The van der Waals surface area contributed by atoms with Crippen LogP contribution in [-0.2, 0) is 19.0 Å². The quantitative estimate of drug-likeness (QED) is 0.264. The van der Waals surface area contributed by atoms with E-state index in [1.54, 1.807) is 41.0 Å². The number of benzene rings is 2. The van der Waals surface area contributed by atoms with Gasteiger partial charge in [-0.3, -0.25) is 9.59 Å². The normalized spacial score (nSPS) is 16.0. The van der Waals surface area contributed by atoms with Crippen LogP contribution in [0.1, 0.15) is 23.0 Å². The van der Waals surface area contributed by atoms with Crippen LogP contribution in [0.2, 0.25) is 0 Å². The summed E-state index contributed by atoms with van der Waals surface area (Å²) in [6, 6.07) is 6.84. The lowest BCUT2D eigenvalue weighted by Crippen LogP contribution is -2.40. The summed E-state index contributed by atoms with van der Waals surface area (Å²) in [4.78, 5) is 42.4. The number of carbonyl (C=O) groups is 2. The fourth-order valence-electron chi connectivity index (χ4n) is 4.95. The number of Topliss-reactive ketones (excluding diaryl/α,β-unsaturated/α-hetero) is 1. The first-order valence-electron chi connectivity index (χ1n) is 12.8. The minimum atomic E-state index is -1.29. The Morgan fingerprint density at radius 3 is 2.13 bits per heavy atom. The number of rotatable bonds is 6. The van der Waals surface area contributed by atoms with Gasteiger partial charge in [-0.2, -0.15) is 5.10 Å². The molecule has 0 amide bonds. The smallest absolute Gasteiger partial charge is 0.381 e. The van der Waals surface area contributed by atoms with Crippen molar-refractivity contribution in [2.24, 2.45) is 0 Å². The minimum absolute atomic E-state index is 0.102. The maximum atomic E-state index is 16.6. The summed E-state index contributed by atoms with van der Waals surface area (Å²) in [6.07, 6.45) is 0. The van der Waals surface area contributed by atoms with E-state index in [1.807, 2.05) is 0 Å². The van der Waals surface area contributed by atoms with Crippen molar-refractivity contribution in [2.75, 3.05) is 69.0 Å². The van der Waals surface area contributed by atoms with Gasteiger partial charge in [-0.15, -0.1) is 0 Å². The Morgan fingerprint density at radius 2 is 1.54 bits per heavy atom. The third kappa shape index (κ3) is 4.74. The molecule has 2 aliphatic heterocycles. The summed E-state index contributed by atoms with van der Waals surface area (Å²) in [5.41, 5.74) is -1.60. The van der Waals surface area contributed by atoms with Crippen molar-refractivity contribution in [3.05, 3.63) is 57.4 Å². The Labute approximate surface area is 222 Å². The molecule has 0 spiro atoms. The highest BCUT2D eigenvalue weighted by Gasteiger charge is 2.35. The van der Waals surface area contributed by atoms with Crippen LogP contribution >= 0.6 is 0 Å². The van der Waals surface area contributed by atoms with Gasteiger partial charge in [0.15, 0.2) is 17.3 Å². The first-order valence-corrected chi connectivity index (χ1v) is 12.8. The summed E-state index contributed by atoms with van der Waals surface area (Å²) >= 11 is 0. The molecule has 0 N–H and O–H groups in total. The summed E-state index contributed by atoms with van der Waals surface area (Å²) < 4.78 is 49.8. The van der Waals surface area contributed by atoms with Gasteiger partial charge in [-0.25, -0.2) is 18.3 Å². The number of nitrogens with zero attached hydrogens (tertiary/aromatic N) is 4. The zero-order chi connectivity index (χ0) is 27.7. The number of aryl methyl sites for hydroxylation is 1. The molecule has 10 nitrogen and oxygen atoms in total. The molecule has 3 heterocycles. The van der Waals surface area contributed by atoms with Gasteiger partial charge in [-0.05, 0) is 25.5 Å². The van der Waals surface area contributed by atoms with E-state index < -0.39 is 34.5 Å². The molecule has 5 rings (SSSR count). The van der Waals surface area contributed by atoms with Gasteiger partial charge in [0.25, 0.3) is 5.78 Å². The molecular formula is C27H28F2N4O6. The van der Waals surface area contributed by atoms with Crippen LogP contribution in [0.4, 0.5) is 20.2 Å². The van der Waals surface area contributed by atoms with Crippen LogP contribution < -0.4 is 15.2 Å². The number of morpholine rings is 2. The number of halogens is 2. The molecular weight excluding hydrogens is 514 g/mol. The largest absolute Gasteiger partial charge is 0.460 e. The Hall–Kier alpha value is -3.90. The Balaban J connectivity index is 1.93. The number of hydrogen-bond acceptors (Lipinski definition) is 9. The maximum Gasteiger partial charge on any atom is 0.381 e. The van der Waals surface area contributed by atoms with Crippen LogP contribution in [0.5, 0.6) is 0 Å². The number of aromatic nitrogens is 2. The zero-order valence-electron chi connectivity index (χ0n) is 21.7. The van der Waals surface area contributed by atoms with E-state index in [2.05, 4.69) is 5.10 Å². The molecule has 0 unspecified atom stereocenters. The highest BCUT2D eigenvalue weighted by molar-refractivity contribution is 6.40. The van der Waals surface area contributed by atoms with E-state index in [-0.39, 0.29) is 81.5 Å². The van der Waals surface area contributed by atoms with Crippen LogP contribution in [-0.4, -0.2) is 80.7 Å². The Morgan fingerprint density at radius 1 is 0.949 bits per heavy atom. The van der Waals surface area contributed by atoms with Crippen molar-refractivity contribution >= 4 is 34.0 Å². The van der Waals surface area contributed by atoms with Gasteiger partial charge >= 0.3 is 5.97 Å². The predicted molar refractivity (Wildman–Crippen MR) is 139 cm³/mol. The standard InChI is InChI=1S/C27H28F2N4O6/c1-3-39-27(36)26(35)21-25(34)18-22(31-8-12-37-13-9-31)19(28)24(32-10-14-38-15-11-32)20(29)23(18)33(30-21)17-7-5-4-6-16(17)2/h4-7H,3,8-15H2,1-2H3. The third-order valence-corrected chi connectivity index (χ3v) is 6.83. The second-order valence-corrected chi connectivity index (χ2v) is 9.17. The maximum absolute atomic E-state index is 16.6. The molecule has 0 saturated carbocycles. The summed E-state index contributed by atoms with van der Waals surface area (Å²) in [5, 5.41) is 3.82. The topological polar surface area (TPSA) is 103 Å². The fourth-order valence-corrected chi connectivity index (χ4v) is 4.95. The molecule has 2 fully saturated rings. The van der Waals surface area contributed by atoms with Gasteiger partial charge in [-0.1, -0.05) is 18.2 Å². The van der Waals surface area contributed by atoms with E-state index in [1.165, 1.54) is 6.92 Å². The molecule has 12 heteroatoms. The first kappa shape index (κ1) is 26.7. The molecule has 1 aromatic heterocycles. The van der Waals surface area contributed by atoms with Gasteiger partial charge in [0.2, 0.25) is 5.43 Å². The van der Waals surface area contributed by atoms with Crippen LogP contribution in [0.15, 0.2) is 29.1 Å². The van der Waals surface area contributed by atoms with Gasteiger partial charge in [0.05, 0.1) is 49.8 Å². The Bertz CT molecular complexity index is 1500. The highest BCUT2D eigenvalue weighted by atomic mass is 19.1. The second kappa shape index (κ2) is 11.1. The molecule has 39 heavy (non-hydrogen) atoms. The third-order valence-electron chi connectivity index (χ3n) is 6.83. The summed E-state index contributed by atoms with van der Waals surface area (Å²) in [5.74, 6) is -4.50. The van der Waals surface area contributed by atoms with Crippen molar-refractivity contribution < 1.29 is 32.6 Å². The lowest BCUT2D eigenvalue weighted by molar-refractivity contribution is -0.137. The molecule has 0 radical (unpaired) electrons. The highest BCUT2D eigenvalue weighted by Crippen LogP contribution is 2.40. The summed E-state index contributed by atoms with van der Waals surface area (Å²) in [7, 11) is 0. The number of carbonyl (C=O) groups excluding carboxylic acids is 2. The van der Waals surface area contributed by atoms with Crippen LogP contribution in [0.3, 0.4) is 0 Å². The molecule has 2 aromatic carbocycles. The molecule has 3 aromatic rings. The van der Waals surface area contributed by atoms with E-state index in [0.29, 0.717) is 11.3 Å². The average Bonchev–Trinajstić information content (AvgIpc) is 2.95. The molecule has 206 valence electrons. The summed E-state index contributed by atoms with van der Waals surface area (Å²) in [6.45, 7) is 5.18. The van der Waals surface area contributed by atoms with E-state index in [0.717, 1.165) is 4.68 Å². The number of anilines is 2. The first-order chi connectivity index (χ1) is 18.8. The fraction of sp³-hybridized carbons (Fsp3) is 0.407. The van der Waals surface area contributed by atoms with Gasteiger partial charge < -0.3 is 24.0 Å². The minimum Gasteiger partial charge on any atom is -0.460 e. The number of fused-ring (bicyclic) bond motifs is 1. The Kier molecular flexibility index (Phi) is 7.58. The van der Waals surface area contributed by atoms with Crippen molar-refractivity contribution in [3.63, 3.8) is 0 Å². The molecule has 0 aliphatic carbocycles.